The molecule has 5 nitrogen and oxygen atoms in total. The van der Waals surface area contributed by atoms with Crippen molar-refractivity contribution in [2.24, 2.45) is 0 Å². The normalized spacial score (nSPS) is 15.7. The number of rotatable bonds is 4. The van der Waals surface area contributed by atoms with Crippen LogP contribution in [-0.2, 0) is 16.4 Å². The summed E-state index contributed by atoms with van der Waals surface area (Å²) < 4.78 is 54.5. The average molecular weight is 428 g/mol. The molecule has 1 atom stereocenters. The van der Waals surface area contributed by atoms with E-state index in [9.17, 15) is 22.0 Å². The number of fused-ring (bicyclic) bond motifs is 1. The molecule has 0 spiro atoms. The van der Waals surface area contributed by atoms with E-state index < -0.39 is 27.6 Å². The Balaban J connectivity index is 1.64. The molecule has 0 radical (unpaired) electrons. The second-order valence-electron chi connectivity index (χ2n) is 7.09. The molecule has 3 aromatic rings. The van der Waals surface area contributed by atoms with Gasteiger partial charge >= 0.3 is 0 Å². The van der Waals surface area contributed by atoms with Crippen molar-refractivity contribution in [1.82, 2.24) is 0 Å². The van der Waals surface area contributed by atoms with Crippen LogP contribution in [0.25, 0.3) is 0 Å². The van der Waals surface area contributed by atoms with Gasteiger partial charge in [0.05, 0.1) is 16.3 Å². The van der Waals surface area contributed by atoms with Crippen LogP contribution in [0.15, 0.2) is 71.6 Å². The summed E-state index contributed by atoms with van der Waals surface area (Å²) in [7, 11) is -3.89. The van der Waals surface area contributed by atoms with E-state index >= 15 is 0 Å². The van der Waals surface area contributed by atoms with Gasteiger partial charge in [-0.2, -0.15) is 0 Å². The monoisotopic (exact) mass is 428 g/mol. The number of sulfonamides is 1. The molecule has 0 aliphatic carbocycles. The molecule has 1 N–H and O–H groups in total. The summed E-state index contributed by atoms with van der Waals surface area (Å²) in [6, 6.07) is 14.8. The first-order valence-corrected chi connectivity index (χ1v) is 10.7. The van der Waals surface area contributed by atoms with Crippen LogP contribution in [0.4, 0.5) is 20.2 Å². The summed E-state index contributed by atoms with van der Waals surface area (Å²) in [6.07, 6.45) is 0.413. The third-order valence-electron chi connectivity index (χ3n) is 4.99. The van der Waals surface area contributed by atoms with Crippen molar-refractivity contribution in [2.45, 2.75) is 24.3 Å². The number of amides is 1. The van der Waals surface area contributed by atoms with Gasteiger partial charge in [-0.05, 0) is 73.5 Å². The second-order valence-corrected chi connectivity index (χ2v) is 8.90. The van der Waals surface area contributed by atoms with Gasteiger partial charge in [0.25, 0.3) is 15.9 Å². The zero-order valence-corrected chi connectivity index (χ0v) is 16.8. The van der Waals surface area contributed by atoms with Gasteiger partial charge in [-0.1, -0.05) is 12.1 Å². The van der Waals surface area contributed by atoms with Gasteiger partial charge in [0.15, 0.2) is 0 Å². The molecule has 4 rings (SSSR count). The standard InChI is InChI=1S/C22H18F2N2O3S/c1-14-12-16-13-15(22(27)25-20-5-3-2-4-19(20)24)6-11-21(16)26(14)30(28,29)18-9-7-17(23)8-10-18/h2-11,13-14H,12H2,1H3,(H,25,27)/t14-/m0/s1. The van der Waals surface area contributed by atoms with Crippen molar-refractivity contribution in [3.8, 4) is 0 Å². The number of nitrogens with zero attached hydrogens (tertiary/aromatic N) is 1. The number of benzene rings is 3. The van der Waals surface area contributed by atoms with Crippen LogP contribution in [0.5, 0.6) is 0 Å². The number of hydrogen-bond donors (Lipinski definition) is 1. The van der Waals surface area contributed by atoms with E-state index in [-0.39, 0.29) is 16.6 Å². The number of nitrogens with one attached hydrogen (secondary N) is 1. The molecule has 1 amide bonds. The van der Waals surface area contributed by atoms with Gasteiger partial charge < -0.3 is 5.32 Å². The number of anilines is 2. The lowest BCUT2D eigenvalue weighted by Gasteiger charge is -2.24. The molecule has 30 heavy (non-hydrogen) atoms. The Labute approximate surface area is 173 Å². The third kappa shape index (κ3) is 3.54. The van der Waals surface area contributed by atoms with Crippen LogP contribution in [0.3, 0.4) is 0 Å². The maximum Gasteiger partial charge on any atom is 0.264 e. The number of carbonyl (C=O) groups excluding carboxylic acids is 1. The fourth-order valence-corrected chi connectivity index (χ4v) is 5.28. The first-order chi connectivity index (χ1) is 14.3. The molecular formula is C22H18F2N2O3S. The Kier molecular flexibility index (Phi) is 5.03. The second kappa shape index (κ2) is 7.53. The molecule has 0 saturated carbocycles. The largest absolute Gasteiger partial charge is 0.319 e. The summed E-state index contributed by atoms with van der Waals surface area (Å²) in [6.45, 7) is 1.76. The van der Waals surface area contributed by atoms with Crippen LogP contribution in [0, 0.1) is 11.6 Å². The number of para-hydroxylation sites is 1. The first kappa shape index (κ1) is 20.0. The Morgan fingerprint density at radius 3 is 2.43 bits per heavy atom. The molecule has 0 saturated heterocycles. The quantitative estimate of drug-likeness (QED) is 0.672. The lowest BCUT2D eigenvalue weighted by atomic mass is 10.1. The molecule has 1 heterocycles. The summed E-state index contributed by atoms with van der Waals surface area (Å²) in [5, 5.41) is 2.52. The molecule has 0 fully saturated rings. The Morgan fingerprint density at radius 1 is 1.03 bits per heavy atom. The minimum atomic E-state index is -3.89. The third-order valence-corrected chi connectivity index (χ3v) is 6.93. The van der Waals surface area contributed by atoms with E-state index in [4.69, 9.17) is 0 Å². The van der Waals surface area contributed by atoms with Gasteiger partial charge in [0.2, 0.25) is 0 Å². The van der Waals surface area contributed by atoms with Crippen LogP contribution in [0.1, 0.15) is 22.8 Å². The fraction of sp³-hybridized carbons (Fsp3) is 0.136. The maximum absolute atomic E-state index is 13.8. The van der Waals surface area contributed by atoms with E-state index in [1.54, 1.807) is 25.1 Å². The van der Waals surface area contributed by atoms with E-state index in [0.717, 1.165) is 12.1 Å². The van der Waals surface area contributed by atoms with Crippen LogP contribution < -0.4 is 9.62 Å². The van der Waals surface area contributed by atoms with Crippen molar-refractivity contribution in [1.29, 1.82) is 0 Å². The van der Waals surface area contributed by atoms with Gasteiger partial charge in [0.1, 0.15) is 11.6 Å². The zero-order valence-electron chi connectivity index (χ0n) is 16.0. The van der Waals surface area contributed by atoms with Gasteiger partial charge in [0, 0.05) is 11.6 Å². The summed E-state index contributed by atoms with van der Waals surface area (Å²) >= 11 is 0. The minimum Gasteiger partial charge on any atom is -0.319 e. The molecule has 8 heteroatoms. The van der Waals surface area contributed by atoms with E-state index in [2.05, 4.69) is 5.32 Å². The lowest BCUT2D eigenvalue weighted by Crippen LogP contribution is -2.35. The maximum atomic E-state index is 13.8. The Morgan fingerprint density at radius 2 is 1.73 bits per heavy atom. The smallest absolute Gasteiger partial charge is 0.264 e. The van der Waals surface area contributed by atoms with Crippen LogP contribution >= 0.6 is 0 Å². The lowest BCUT2D eigenvalue weighted by molar-refractivity contribution is 0.102. The Hall–Kier alpha value is -3.26. The molecule has 3 aromatic carbocycles. The van der Waals surface area contributed by atoms with E-state index in [0.29, 0.717) is 23.2 Å². The highest BCUT2D eigenvalue weighted by atomic mass is 32.2. The van der Waals surface area contributed by atoms with Crippen molar-refractivity contribution < 1.29 is 22.0 Å². The molecule has 1 aliphatic rings. The molecule has 154 valence electrons. The topological polar surface area (TPSA) is 66.5 Å². The first-order valence-electron chi connectivity index (χ1n) is 9.26. The van der Waals surface area contributed by atoms with Crippen molar-refractivity contribution >= 4 is 27.3 Å². The molecule has 1 aliphatic heterocycles. The molecule has 0 aromatic heterocycles. The van der Waals surface area contributed by atoms with Crippen molar-refractivity contribution in [2.75, 3.05) is 9.62 Å². The average Bonchev–Trinajstić information content (AvgIpc) is 3.05. The highest BCUT2D eigenvalue weighted by Gasteiger charge is 2.36. The van der Waals surface area contributed by atoms with E-state index in [1.807, 2.05) is 0 Å². The van der Waals surface area contributed by atoms with Crippen molar-refractivity contribution in [3.63, 3.8) is 0 Å². The van der Waals surface area contributed by atoms with Gasteiger partial charge in [-0.3, -0.25) is 9.10 Å². The Bertz CT molecular complexity index is 1230. The molecular weight excluding hydrogens is 410 g/mol. The zero-order chi connectivity index (χ0) is 21.5. The fourth-order valence-electron chi connectivity index (χ4n) is 3.59. The predicted octanol–water partition coefficient (Wildman–Crippen LogP) is 4.36. The minimum absolute atomic E-state index is 0.00928. The SMILES string of the molecule is C[C@H]1Cc2cc(C(=O)Nc3ccccc3F)ccc2N1S(=O)(=O)c1ccc(F)cc1. The predicted molar refractivity (Wildman–Crippen MR) is 110 cm³/mol. The number of carbonyl (C=O) groups is 1. The van der Waals surface area contributed by atoms with Gasteiger partial charge in [-0.15, -0.1) is 0 Å². The number of hydrogen-bond acceptors (Lipinski definition) is 3. The van der Waals surface area contributed by atoms with Crippen LogP contribution in [-0.4, -0.2) is 20.4 Å². The number of halogens is 2. The molecule has 0 bridgehead atoms. The van der Waals surface area contributed by atoms with E-state index in [1.165, 1.54) is 40.7 Å². The highest BCUT2D eigenvalue weighted by Crippen LogP contribution is 2.37. The summed E-state index contributed by atoms with van der Waals surface area (Å²) in [5.74, 6) is -1.55. The summed E-state index contributed by atoms with van der Waals surface area (Å²) in [5.41, 5.74) is 1.52. The van der Waals surface area contributed by atoms with Crippen molar-refractivity contribution in [3.05, 3.63) is 89.5 Å². The van der Waals surface area contributed by atoms with Crippen LogP contribution in [0.2, 0.25) is 0 Å². The highest BCUT2D eigenvalue weighted by molar-refractivity contribution is 7.92. The van der Waals surface area contributed by atoms with Gasteiger partial charge in [-0.25, -0.2) is 17.2 Å². The summed E-state index contributed by atoms with van der Waals surface area (Å²) in [4.78, 5) is 12.5. The molecule has 0 unspecified atom stereocenters.